The summed E-state index contributed by atoms with van der Waals surface area (Å²) in [4.78, 5) is 13.4. The molecule has 5 heteroatoms. The second-order valence-corrected chi connectivity index (χ2v) is 8.18. The molecular weight excluding hydrogens is 330 g/mol. The fourth-order valence-electron chi connectivity index (χ4n) is 3.33. The molecule has 0 aromatic heterocycles. The van der Waals surface area contributed by atoms with Gasteiger partial charge in [-0.3, -0.25) is 4.79 Å². The topological polar surface area (TPSA) is 67.2 Å². The molecule has 4 nitrogen and oxygen atoms in total. The van der Waals surface area contributed by atoms with Crippen LogP contribution < -0.4 is 16.4 Å². The van der Waals surface area contributed by atoms with Gasteiger partial charge in [0.1, 0.15) is 0 Å². The molecule has 0 radical (unpaired) electrons. The molecule has 1 heterocycles. The van der Waals surface area contributed by atoms with Crippen LogP contribution in [-0.4, -0.2) is 10.8 Å². The van der Waals surface area contributed by atoms with Gasteiger partial charge < -0.3 is 16.4 Å². The Kier molecular flexibility index (Phi) is 3.76. The molecule has 128 valence electrons. The molecule has 25 heavy (non-hydrogen) atoms. The SMILES string of the molecule is Cc1cccc(C)c1NC(=O)C1=CC2CC2(Nc2cccc(N)c2)S1. The van der Waals surface area contributed by atoms with Gasteiger partial charge in [0.05, 0.1) is 9.78 Å². The van der Waals surface area contributed by atoms with Crippen molar-refractivity contribution in [3.63, 3.8) is 0 Å². The van der Waals surface area contributed by atoms with Crippen molar-refractivity contribution in [2.75, 3.05) is 16.4 Å². The number of carbonyl (C=O) groups excluding carboxylic acids is 1. The van der Waals surface area contributed by atoms with Crippen molar-refractivity contribution in [3.8, 4) is 0 Å². The van der Waals surface area contributed by atoms with Crippen LogP contribution in [0.25, 0.3) is 0 Å². The van der Waals surface area contributed by atoms with E-state index in [-0.39, 0.29) is 10.8 Å². The Morgan fingerprint density at radius 3 is 2.64 bits per heavy atom. The third-order valence-electron chi connectivity index (χ3n) is 4.79. The molecule has 1 saturated carbocycles. The third kappa shape index (κ3) is 3.00. The molecule has 4 rings (SSSR count). The maximum atomic E-state index is 12.7. The summed E-state index contributed by atoms with van der Waals surface area (Å²) in [5.74, 6) is 0.362. The number of nitrogens with one attached hydrogen (secondary N) is 2. The quantitative estimate of drug-likeness (QED) is 0.719. The number of fused-ring (bicyclic) bond motifs is 1. The van der Waals surface area contributed by atoms with Gasteiger partial charge >= 0.3 is 0 Å². The average Bonchev–Trinajstić information content (AvgIpc) is 3.10. The molecule has 1 aliphatic heterocycles. The van der Waals surface area contributed by atoms with Crippen LogP contribution in [0.2, 0.25) is 0 Å². The number of aryl methyl sites for hydroxylation is 2. The van der Waals surface area contributed by atoms with E-state index in [9.17, 15) is 4.79 Å². The molecule has 1 aliphatic carbocycles. The molecular formula is C20H21N3OS. The maximum absolute atomic E-state index is 12.7. The lowest BCUT2D eigenvalue weighted by atomic mass is 10.1. The van der Waals surface area contributed by atoms with Crippen molar-refractivity contribution in [2.24, 2.45) is 5.92 Å². The Morgan fingerprint density at radius 1 is 1.20 bits per heavy atom. The molecule has 0 saturated heterocycles. The van der Waals surface area contributed by atoms with Crippen molar-refractivity contribution in [1.29, 1.82) is 0 Å². The lowest BCUT2D eigenvalue weighted by Gasteiger charge is -2.18. The first-order valence-corrected chi connectivity index (χ1v) is 9.21. The van der Waals surface area contributed by atoms with E-state index in [2.05, 4.69) is 16.7 Å². The molecule has 0 spiro atoms. The summed E-state index contributed by atoms with van der Waals surface area (Å²) in [6, 6.07) is 13.8. The largest absolute Gasteiger partial charge is 0.399 e. The summed E-state index contributed by atoms with van der Waals surface area (Å²) in [5, 5.41) is 6.63. The second kappa shape index (κ2) is 5.85. The van der Waals surface area contributed by atoms with E-state index in [4.69, 9.17) is 5.73 Å². The monoisotopic (exact) mass is 351 g/mol. The molecule has 1 amide bonds. The number of nitrogens with two attached hydrogens (primary N) is 1. The molecule has 2 aromatic rings. The number of rotatable bonds is 4. The van der Waals surface area contributed by atoms with Crippen molar-refractivity contribution < 1.29 is 4.79 Å². The molecule has 2 aliphatic rings. The van der Waals surface area contributed by atoms with Crippen molar-refractivity contribution in [3.05, 3.63) is 64.6 Å². The predicted octanol–water partition coefficient (Wildman–Crippen LogP) is 4.28. The van der Waals surface area contributed by atoms with Gasteiger partial charge in [-0.05, 0) is 49.6 Å². The highest BCUT2D eigenvalue weighted by Crippen LogP contribution is 2.63. The second-order valence-electron chi connectivity index (χ2n) is 6.80. The zero-order valence-electron chi connectivity index (χ0n) is 14.3. The Labute approximate surface area is 151 Å². The van der Waals surface area contributed by atoms with Crippen LogP contribution in [0.3, 0.4) is 0 Å². The van der Waals surface area contributed by atoms with Gasteiger partial charge in [0, 0.05) is 23.0 Å². The van der Waals surface area contributed by atoms with Crippen LogP contribution in [0, 0.1) is 19.8 Å². The van der Waals surface area contributed by atoms with E-state index in [1.807, 2.05) is 56.3 Å². The zero-order valence-corrected chi connectivity index (χ0v) is 15.1. The number of benzene rings is 2. The number of carbonyl (C=O) groups is 1. The highest BCUT2D eigenvalue weighted by atomic mass is 32.2. The Hall–Kier alpha value is -2.40. The number of hydrogen-bond donors (Lipinski definition) is 3. The zero-order chi connectivity index (χ0) is 17.6. The number of nitrogen functional groups attached to an aromatic ring is 1. The molecule has 0 bridgehead atoms. The Morgan fingerprint density at radius 2 is 1.92 bits per heavy atom. The number of anilines is 3. The first-order chi connectivity index (χ1) is 12.0. The molecule has 4 N–H and O–H groups in total. The predicted molar refractivity (Wildman–Crippen MR) is 106 cm³/mol. The van der Waals surface area contributed by atoms with E-state index in [0.29, 0.717) is 5.92 Å². The minimum absolute atomic E-state index is 0.0247. The van der Waals surface area contributed by atoms with Gasteiger partial charge in [-0.15, -0.1) is 0 Å². The number of thioether (sulfide) groups is 1. The van der Waals surface area contributed by atoms with Crippen LogP contribution in [0.15, 0.2) is 53.4 Å². The molecule has 2 unspecified atom stereocenters. The van der Waals surface area contributed by atoms with Crippen LogP contribution in [0.5, 0.6) is 0 Å². The fraction of sp³-hybridized carbons (Fsp3) is 0.250. The first-order valence-electron chi connectivity index (χ1n) is 8.39. The van der Waals surface area contributed by atoms with Gasteiger partial charge in [0.2, 0.25) is 0 Å². The van der Waals surface area contributed by atoms with E-state index < -0.39 is 0 Å². The summed E-state index contributed by atoms with van der Waals surface area (Å²) >= 11 is 1.62. The van der Waals surface area contributed by atoms with Crippen molar-refractivity contribution in [1.82, 2.24) is 0 Å². The Bertz CT molecular complexity index is 872. The maximum Gasteiger partial charge on any atom is 0.261 e. The highest BCUT2D eigenvalue weighted by Gasteiger charge is 2.59. The smallest absolute Gasteiger partial charge is 0.261 e. The average molecular weight is 351 g/mol. The minimum atomic E-state index is -0.0960. The van der Waals surface area contributed by atoms with Crippen LogP contribution in [0.4, 0.5) is 17.1 Å². The van der Waals surface area contributed by atoms with E-state index in [0.717, 1.165) is 39.5 Å². The fourth-order valence-corrected chi connectivity index (χ4v) is 4.75. The number of hydrogen-bond acceptors (Lipinski definition) is 4. The minimum Gasteiger partial charge on any atom is -0.399 e. The normalized spacial score (nSPS) is 23.6. The van der Waals surface area contributed by atoms with Crippen LogP contribution >= 0.6 is 11.8 Å². The van der Waals surface area contributed by atoms with Gasteiger partial charge in [0.15, 0.2) is 0 Å². The Balaban J connectivity index is 1.46. The van der Waals surface area contributed by atoms with Gasteiger partial charge in [-0.1, -0.05) is 42.1 Å². The molecule has 1 fully saturated rings. The van der Waals surface area contributed by atoms with Gasteiger partial charge in [-0.25, -0.2) is 0 Å². The summed E-state index contributed by atoms with van der Waals surface area (Å²) in [6.45, 7) is 4.03. The summed E-state index contributed by atoms with van der Waals surface area (Å²) in [5.41, 5.74) is 10.7. The van der Waals surface area contributed by atoms with E-state index in [1.54, 1.807) is 11.8 Å². The molecule has 2 aromatic carbocycles. The number of para-hydroxylation sites is 1. The third-order valence-corrected chi connectivity index (χ3v) is 6.27. The lowest BCUT2D eigenvalue weighted by molar-refractivity contribution is -0.112. The highest BCUT2D eigenvalue weighted by molar-refractivity contribution is 8.06. The summed E-state index contributed by atoms with van der Waals surface area (Å²) < 4.78 is 0. The van der Waals surface area contributed by atoms with Gasteiger partial charge in [0.25, 0.3) is 5.91 Å². The van der Waals surface area contributed by atoms with Crippen LogP contribution in [-0.2, 0) is 4.79 Å². The van der Waals surface area contributed by atoms with Crippen molar-refractivity contribution >= 4 is 34.7 Å². The van der Waals surface area contributed by atoms with Gasteiger partial charge in [-0.2, -0.15) is 0 Å². The first kappa shape index (κ1) is 16.1. The summed E-state index contributed by atoms with van der Waals surface area (Å²) in [7, 11) is 0. The lowest BCUT2D eigenvalue weighted by Crippen LogP contribution is -2.20. The van der Waals surface area contributed by atoms with Crippen LogP contribution in [0.1, 0.15) is 17.5 Å². The number of amides is 1. The van der Waals surface area contributed by atoms with E-state index >= 15 is 0 Å². The standard InChI is InChI=1S/C20H21N3OS/c1-12-5-3-6-13(2)18(12)22-19(24)17-9-14-11-20(14,25-17)23-16-8-4-7-15(21)10-16/h3-10,14,23H,11,21H2,1-2H3,(H,22,24). The van der Waals surface area contributed by atoms with E-state index in [1.165, 1.54) is 0 Å². The van der Waals surface area contributed by atoms with Crippen molar-refractivity contribution in [2.45, 2.75) is 25.1 Å². The summed E-state index contributed by atoms with van der Waals surface area (Å²) in [6.07, 6.45) is 3.12. The molecule has 2 atom stereocenters.